The molecule has 0 atom stereocenters. The molecule has 1 N–H and O–H groups in total. The van der Waals surface area contributed by atoms with Crippen molar-refractivity contribution in [1.82, 2.24) is 5.32 Å². The highest BCUT2D eigenvalue weighted by Crippen LogP contribution is 2.47. The summed E-state index contributed by atoms with van der Waals surface area (Å²) in [5, 5.41) is 2.98. The van der Waals surface area contributed by atoms with E-state index in [4.69, 9.17) is 4.74 Å². The Bertz CT molecular complexity index is 675. The summed E-state index contributed by atoms with van der Waals surface area (Å²) < 4.78 is 5.29. The molecular formula is C20H24N2O2S. The highest BCUT2D eigenvalue weighted by atomic mass is 32.2. The summed E-state index contributed by atoms with van der Waals surface area (Å²) in [7, 11) is 0. The molecular weight excluding hydrogens is 332 g/mol. The van der Waals surface area contributed by atoms with Gasteiger partial charge in [0, 0.05) is 42.5 Å². The normalized spacial score (nSPS) is 12.4. The van der Waals surface area contributed by atoms with Crippen LogP contribution < -0.4 is 10.2 Å². The SMILES string of the molecule is CCOCCCNC(=O)CCN1c2ccccc2Sc2ccccc21. The number of rotatable bonds is 8. The summed E-state index contributed by atoms with van der Waals surface area (Å²) in [6.07, 6.45) is 1.33. The summed E-state index contributed by atoms with van der Waals surface area (Å²) in [6.45, 7) is 4.74. The van der Waals surface area contributed by atoms with E-state index in [2.05, 4.69) is 46.6 Å². The van der Waals surface area contributed by atoms with Crippen molar-refractivity contribution in [1.29, 1.82) is 0 Å². The molecule has 5 heteroatoms. The smallest absolute Gasteiger partial charge is 0.221 e. The van der Waals surface area contributed by atoms with E-state index in [0.29, 0.717) is 26.1 Å². The fourth-order valence-corrected chi connectivity index (χ4v) is 3.97. The number of hydrogen-bond donors (Lipinski definition) is 1. The van der Waals surface area contributed by atoms with Crippen LogP contribution in [-0.4, -0.2) is 32.2 Å². The van der Waals surface area contributed by atoms with Gasteiger partial charge in [-0.3, -0.25) is 4.79 Å². The molecule has 1 heterocycles. The molecule has 0 unspecified atom stereocenters. The van der Waals surface area contributed by atoms with E-state index in [0.717, 1.165) is 13.0 Å². The van der Waals surface area contributed by atoms with Crippen molar-refractivity contribution in [3.63, 3.8) is 0 Å². The molecule has 0 aromatic heterocycles. The van der Waals surface area contributed by atoms with Crippen molar-refractivity contribution in [3.05, 3.63) is 48.5 Å². The zero-order valence-corrected chi connectivity index (χ0v) is 15.3. The lowest BCUT2D eigenvalue weighted by molar-refractivity contribution is -0.120. The van der Waals surface area contributed by atoms with Gasteiger partial charge in [-0.1, -0.05) is 36.0 Å². The van der Waals surface area contributed by atoms with Gasteiger partial charge in [-0.05, 0) is 37.6 Å². The molecule has 2 aromatic carbocycles. The molecule has 132 valence electrons. The number of nitrogens with one attached hydrogen (secondary N) is 1. The predicted molar refractivity (Wildman–Crippen MR) is 103 cm³/mol. The van der Waals surface area contributed by atoms with E-state index in [9.17, 15) is 4.79 Å². The molecule has 25 heavy (non-hydrogen) atoms. The third-order valence-electron chi connectivity index (χ3n) is 4.09. The first-order valence-corrected chi connectivity index (χ1v) is 9.59. The number of hydrogen-bond acceptors (Lipinski definition) is 4. The lowest BCUT2D eigenvalue weighted by Gasteiger charge is -2.32. The number of benzene rings is 2. The Labute approximate surface area is 153 Å². The summed E-state index contributed by atoms with van der Waals surface area (Å²) in [5.74, 6) is 0.0877. The summed E-state index contributed by atoms with van der Waals surface area (Å²) in [4.78, 5) is 16.9. The van der Waals surface area contributed by atoms with E-state index < -0.39 is 0 Å². The van der Waals surface area contributed by atoms with Gasteiger partial charge in [-0.15, -0.1) is 0 Å². The van der Waals surface area contributed by atoms with Gasteiger partial charge in [0.2, 0.25) is 5.91 Å². The summed E-state index contributed by atoms with van der Waals surface area (Å²) >= 11 is 1.79. The quantitative estimate of drug-likeness (QED) is 0.719. The number of amides is 1. The fraction of sp³-hybridized carbons (Fsp3) is 0.350. The van der Waals surface area contributed by atoms with Crippen LogP contribution >= 0.6 is 11.8 Å². The predicted octanol–water partition coefficient (Wildman–Crippen LogP) is 4.22. The molecule has 0 spiro atoms. The minimum Gasteiger partial charge on any atom is -0.382 e. The van der Waals surface area contributed by atoms with E-state index >= 15 is 0 Å². The van der Waals surface area contributed by atoms with Crippen LogP contribution in [0.15, 0.2) is 58.3 Å². The fourth-order valence-electron chi connectivity index (χ4n) is 2.87. The maximum atomic E-state index is 12.2. The first-order valence-electron chi connectivity index (χ1n) is 8.77. The number of para-hydroxylation sites is 2. The van der Waals surface area contributed by atoms with Crippen LogP contribution in [0.3, 0.4) is 0 Å². The number of carbonyl (C=O) groups is 1. The zero-order valence-electron chi connectivity index (χ0n) is 14.5. The average Bonchev–Trinajstić information content (AvgIpc) is 2.65. The molecule has 1 amide bonds. The van der Waals surface area contributed by atoms with Gasteiger partial charge in [0.05, 0.1) is 11.4 Å². The van der Waals surface area contributed by atoms with Gasteiger partial charge in [0.1, 0.15) is 0 Å². The second-order valence-electron chi connectivity index (χ2n) is 5.84. The molecule has 1 aliphatic rings. The average molecular weight is 356 g/mol. The Morgan fingerprint density at radius 1 is 1.08 bits per heavy atom. The second-order valence-corrected chi connectivity index (χ2v) is 6.92. The number of nitrogens with zero attached hydrogens (tertiary/aromatic N) is 1. The van der Waals surface area contributed by atoms with Crippen molar-refractivity contribution in [2.24, 2.45) is 0 Å². The molecule has 3 rings (SSSR count). The van der Waals surface area contributed by atoms with Gasteiger partial charge >= 0.3 is 0 Å². The molecule has 4 nitrogen and oxygen atoms in total. The lowest BCUT2D eigenvalue weighted by atomic mass is 10.2. The maximum Gasteiger partial charge on any atom is 0.221 e. The van der Waals surface area contributed by atoms with E-state index in [1.807, 2.05) is 19.1 Å². The Morgan fingerprint density at radius 3 is 2.36 bits per heavy atom. The highest BCUT2D eigenvalue weighted by molar-refractivity contribution is 7.99. The van der Waals surface area contributed by atoms with Crippen molar-refractivity contribution in [2.75, 3.05) is 31.2 Å². The maximum absolute atomic E-state index is 12.2. The molecule has 1 aliphatic heterocycles. The van der Waals surface area contributed by atoms with Crippen LogP contribution in [0.1, 0.15) is 19.8 Å². The number of fused-ring (bicyclic) bond motifs is 2. The van der Waals surface area contributed by atoms with Gasteiger partial charge in [0.25, 0.3) is 0 Å². The van der Waals surface area contributed by atoms with Crippen LogP contribution in [0.5, 0.6) is 0 Å². The first kappa shape index (κ1) is 17.8. The summed E-state index contributed by atoms with van der Waals surface area (Å²) in [5.41, 5.74) is 2.35. The van der Waals surface area contributed by atoms with Crippen LogP contribution in [0.25, 0.3) is 0 Å². The minimum absolute atomic E-state index is 0.0877. The van der Waals surface area contributed by atoms with E-state index in [-0.39, 0.29) is 5.91 Å². The first-order chi connectivity index (χ1) is 12.3. The largest absolute Gasteiger partial charge is 0.382 e. The van der Waals surface area contributed by atoms with Crippen molar-refractivity contribution in [2.45, 2.75) is 29.6 Å². The van der Waals surface area contributed by atoms with Crippen LogP contribution in [0, 0.1) is 0 Å². The van der Waals surface area contributed by atoms with Gasteiger partial charge in [0.15, 0.2) is 0 Å². The third kappa shape index (κ3) is 4.55. The molecule has 2 aromatic rings. The number of anilines is 2. The van der Waals surface area contributed by atoms with Gasteiger partial charge in [-0.2, -0.15) is 0 Å². The minimum atomic E-state index is 0.0877. The topological polar surface area (TPSA) is 41.6 Å². The highest BCUT2D eigenvalue weighted by Gasteiger charge is 2.22. The van der Waals surface area contributed by atoms with Crippen molar-refractivity contribution in [3.8, 4) is 0 Å². The molecule has 0 saturated carbocycles. The molecule has 0 radical (unpaired) electrons. The Kier molecular flexibility index (Phi) is 6.36. The van der Waals surface area contributed by atoms with Crippen LogP contribution in [0.2, 0.25) is 0 Å². The lowest BCUT2D eigenvalue weighted by Crippen LogP contribution is -2.30. The van der Waals surface area contributed by atoms with Gasteiger partial charge in [-0.25, -0.2) is 0 Å². The Balaban J connectivity index is 1.61. The zero-order chi connectivity index (χ0) is 17.5. The van der Waals surface area contributed by atoms with E-state index in [1.54, 1.807) is 11.8 Å². The Morgan fingerprint density at radius 2 is 1.72 bits per heavy atom. The Hall–Kier alpha value is -1.98. The number of ether oxygens (including phenoxy) is 1. The molecule has 0 aliphatic carbocycles. The standard InChI is InChI=1S/C20H24N2O2S/c1-2-24-15-7-13-21-20(23)12-14-22-16-8-3-5-10-18(16)25-19-11-6-4-9-17(19)22/h3-6,8-11H,2,7,12-15H2,1H3,(H,21,23). The second kappa shape index (κ2) is 8.92. The summed E-state index contributed by atoms with van der Waals surface area (Å²) in [6, 6.07) is 16.7. The van der Waals surface area contributed by atoms with Crippen molar-refractivity contribution >= 4 is 29.0 Å². The van der Waals surface area contributed by atoms with Crippen LogP contribution in [0.4, 0.5) is 11.4 Å². The third-order valence-corrected chi connectivity index (χ3v) is 5.22. The molecule has 0 saturated heterocycles. The van der Waals surface area contributed by atoms with E-state index in [1.165, 1.54) is 21.2 Å². The van der Waals surface area contributed by atoms with Gasteiger partial charge < -0.3 is 15.0 Å². The number of carbonyl (C=O) groups excluding carboxylic acids is 1. The van der Waals surface area contributed by atoms with Crippen LogP contribution in [-0.2, 0) is 9.53 Å². The molecule has 0 fully saturated rings. The molecule has 0 bridgehead atoms. The monoisotopic (exact) mass is 356 g/mol. The van der Waals surface area contributed by atoms with Crippen molar-refractivity contribution < 1.29 is 9.53 Å².